The fourth-order valence-electron chi connectivity index (χ4n) is 6.49. The lowest BCUT2D eigenvalue weighted by Gasteiger charge is -2.34. The third-order valence-electron chi connectivity index (χ3n) is 8.46. The van der Waals surface area contributed by atoms with Crippen LogP contribution < -0.4 is 5.32 Å². The van der Waals surface area contributed by atoms with Crippen LogP contribution in [-0.4, -0.2) is 84.0 Å². The van der Waals surface area contributed by atoms with E-state index in [-0.39, 0.29) is 17.9 Å². The molecule has 200 valence electrons. The van der Waals surface area contributed by atoms with Crippen LogP contribution in [0, 0.1) is 11.8 Å². The monoisotopic (exact) mass is 534 g/mol. The minimum absolute atomic E-state index is 0.0229. The van der Waals surface area contributed by atoms with Gasteiger partial charge < -0.3 is 19.9 Å². The highest BCUT2D eigenvalue weighted by atomic mass is 35.5. The summed E-state index contributed by atoms with van der Waals surface area (Å²) in [6.45, 7) is 7.65. The Labute approximate surface area is 229 Å². The van der Waals surface area contributed by atoms with Gasteiger partial charge in [-0.3, -0.25) is 14.5 Å². The Bertz CT molecular complexity index is 1200. The first-order valence-corrected chi connectivity index (χ1v) is 14.1. The number of amides is 2. The predicted octanol–water partition coefficient (Wildman–Crippen LogP) is 2.95. The number of nitrogens with one attached hydrogen (secondary N) is 1. The number of carbonyl (C=O) groups excluding carboxylic acids is 2. The standard InChI is InChI=1S/C30H35ClN4O3/c31-24-10-5-4-9-23(24)20-35-21-30-12-11-25(38-30)26(27(30)29(35)37)28(36)32-13-6-14-33-15-17-34(18-16-33)19-22-7-2-1-3-8-22/h1-5,7-12,25-27H,6,13-21H2,(H,32,36). The van der Waals surface area contributed by atoms with Crippen LogP contribution in [0.3, 0.4) is 0 Å². The van der Waals surface area contributed by atoms with Gasteiger partial charge in [0.05, 0.1) is 24.5 Å². The van der Waals surface area contributed by atoms with Crippen LogP contribution in [0.1, 0.15) is 17.5 Å². The number of carbonyl (C=O) groups is 2. The molecule has 38 heavy (non-hydrogen) atoms. The van der Waals surface area contributed by atoms with Gasteiger partial charge in [0, 0.05) is 50.8 Å². The zero-order valence-electron chi connectivity index (χ0n) is 21.6. The number of ether oxygens (including phenoxy) is 1. The first-order valence-electron chi connectivity index (χ1n) is 13.7. The second-order valence-corrected chi connectivity index (χ2v) is 11.3. The molecule has 2 amide bonds. The molecule has 4 aliphatic rings. The molecule has 2 bridgehead atoms. The smallest absolute Gasteiger partial charge is 0.230 e. The molecule has 4 atom stereocenters. The maximum absolute atomic E-state index is 13.5. The lowest BCUT2D eigenvalue weighted by Crippen LogP contribution is -2.47. The number of fused-ring (bicyclic) bond motifs is 1. The van der Waals surface area contributed by atoms with Crippen molar-refractivity contribution in [2.75, 3.05) is 45.8 Å². The molecule has 2 aromatic rings. The van der Waals surface area contributed by atoms with Crippen molar-refractivity contribution in [3.63, 3.8) is 0 Å². The molecule has 4 aliphatic heterocycles. The Kier molecular flexibility index (Phi) is 7.27. The molecule has 4 unspecified atom stereocenters. The summed E-state index contributed by atoms with van der Waals surface area (Å²) in [5, 5.41) is 3.75. The van der Waals surface area contributed by atoms with Crippen molar-refractivity contribution in [1.82, 2.24) is 20.0 Å². The minimum Gasteiger partial charge on any atom is -0.360 e. The number of likely N-dealkylation sites (tertiary alicyclic amines) is 1. The first-order chi connectivity index (χ1) is 18.5. The number of hydrogen-bond donors (Lipinski definition) is 1. The largest absolute Gasteiger partial charge is 0.360 e. The van der Waals surface area contributed by atoms with Crippen LogP contribution in [0.15, 0.2) is 66.7 Å². The maximum Gasteiger partial charge on any atom is 0.230 e. The number of rotatable bonds is 9. The first kappa shape index (κ1) is 25.6. The Morgan fingerprint density at radius 2 is 1.74 bits per heavy atom. The van der Waals surface area contributed by atoms with Gasteiger partial charge in [-0.2, -0.15) is 0 Å². The number of piperazine rings is 1. The summed E-state index contributed by atoms with van der Waals surface area (Å²) in [6.07, 6.45) is 4.51. The van der Waals surface area contributed by atoms with Crippen molar-refractivity contribution < 1.29 is 14.3 Å². The SMILES string of the molecule is O=C(NCCCN1CCN(Cc2ccccc2)CC1)C1C2C=CC3(CN(Cc4ccccc4Cl)C(=O)C13)O2. The summed E-state index contributed by atoms with van der Waals surface area (Å²) < 4.78 is 6.26. The van der Waals surface area contributed by atoms with Gasteiger partial charge in [-0.1, -0.05) is 72.3 Å². The van der Waals surface area contributed by atoms with Gasteiger partial charge in [0.25, 0.3) is 0 Å². The summed E-state index contributed by atoms with van der Waals surface area (Å²) >= 11 is 6.34. The average Bonchev–Trinajstić information content (AvgIpc) is 3.57. The van der Waals surface area contributed by atoms with Gasteiger partial charge in [-0.15, -0.1) is 0 Å². The molecule has 2 aromatic carbocycles. The molecular weight excluding hydrogens is 500 g/mol. The maximum atomic E-state index is 13.5. The number of benzene rings is 2. The second-order valence-electron chi connectivity index (χ2n) is 10.9. The molecule has 0 saturated carbocycles. The second kappa shape index (κ2) is 10.8. The van der Waals surface area contributed by atoms with Crippen molar-refractivity contribution in [3.05, 3.63) is 82.9 Å². The molecule has 1 spiro atoms. The molecule has 0 radical (unpaired) electrons. The van der Waals surface area contributed by atoms with Crippen LogP contribution >= 0.6 is 11.6 Å². The van der Waals surface area contributed by atoms with Gasteiger partial charge in [0.2, 0.25) is 11.8 Å². The zero-order valence-corrected chi connectivity index (χ0v) is 22.4. The minimum atomic E-state index is -0.704. The van der Waals surface area contributed by atoms with Crippen molar-refractivity contribution >= 4 is 23.4 Å². The van der Waals surface area contributed by atoms with Crippen LogP contribution in [0.5, 0.6) is 0 Å². The Hall–Kier alpha value is -2.71. The van der Waals surface area contributed by atoms with Gasteiger partial charge in [0.15, 0.2) is 0 Å². The Balaban J connectivity index is 0.972. The van der Waals surface area contributed by atoms with Crippen molar-refractivity contribution in [2.45, 2.75) is 31.2 Å². The van der Waals surface area contributed by atoms with Gasteiger partial charge in [-0.25, -0.2) is 0 Å². The van der Waals surface area contributed by atoms with E-state index in [0.29, 0.717) is 24.7 Å². The van der Waals surface area contributed by atoms with E-state index in [1.807, 2.05) is 36.4 Å². The fourth-order valence-corrected chi connectivity index (χ4v) is 6.68. The van der Waals surface area contributed by atoms with Crippen LogP contribution in [0.25, 0.3) is 0 Å². The van der Waals surface area contributed by atoms with Crippen LogP contribution in [0.2, 0.25) is 5.02 Å². The topological polar surface area (TPSA) is 65.1 Å². The van der Waals surface area contributed by atoms with E-state index in [1.165, 1.54) is 5.56 Å². The summed E-state index contributed by atoms with van der Waals surface area (Å²) in [4.78, 5) is 33.5. The predicted molar refractivity (Wildman–Crippen MR) is 146 cm³/mol. The van der Waals surface area contributed by atoms with E-state index in [2.05, 4.69) is 45.4 Å². The quantitative estimate of drug-likeness (QED) is 0.396. The summed E-state index contributed by atoms with van der Waals surface area (Å²) in [5.74, 6) is -1.06. The molecule has 1 N–H and O–H groups in total. The summed E-state index contributed by atoms with van der Waals surface area (Å²) in [6, 6.07) is 18.2. The molecule has 7 nitrogen and oxygen atoms in total. The third-order valence-corrected chi connectivity index (χ3v) is 8.83. The molecule has 8 heteroatoms. The third kappa shape index (κ3) is 5.00. The number of nitrogens with zero attached hydrogens (tertiary/aromatic N) is 3. The normalized spacial score (nSPS) is 28.7. The fraction of sp³-hybridized carbons (Fsp3) is 0.467. The zero-order chi connectivity index (χ0) is 26.1. The van der Waals surface area contributed by atoms with Crippen molar-refractivity contribution in [3.8, 4) is 0 Å². The molecular formula is C30H35ClN4O3. The van der Waals surface area contributed by atoms with E-state index in [9.17, 15) is 9.59 Å². The van der Waals surface area contributed by atoms with Gasteiger partial charge in [-0.05, 0) is 30.2 Å². The lowest BCUT2D eigenvalue weighted by atomic mass is 9.77. The molecule has 4 heterocycles. The van der Waals surface area contributed by atoms with E-state index < -0.39 is 17.4 Å². The van der Waals surface area contributed by atoms with Crippen LogP contribution in [-0.2, 0) is 27.4 Å². The average molecular weight is 535 g/mol. The summed E-state index contributed by atoms with van der Waals surface area (Å²) in [7, 11) is 0. The van der Waals surface area contributed by atoms with Crippen molar-refractivity contribution in [1.29, 1.82) is 0 Å². The highest BCUT2D eigenvalue weighted by molar-refractivity contribution is 6.31. The summed E-state index contributed by atoms with van der Waals surface area (Å²) in [5.41, 5.74) is 1.56. The highest BCUT2D eigenvalue weighted by Crippen LogP contribution is 2.52. The molecule has 6 rings (SSSR count). The number of hydrogen-bond acceptors (Lipinski definition) is 5. The van der Waals surface area contributed by atoms with Gasteiger partial charge >= 0.3 is 0 Å². The van der Waals surface area contributed by atoms with E-state index >= 15 is 0 Å². The van der Waals surface area contributed by atoms with Crippen LogP contribution in [0.4, 0.5) is 0 Å². The van der Waals surface area contributed by atoms with Gasteiger partial charge in [0.1, 0.15) is 5.60 Å². The van der Waals surface area contributed by atoms with E-state index in [1.54, 1.807) is 4.90 Å². The lowest BCUT2D eigenvalue weighted by molar-refractivity contribution is -0.137. The van der Waals surface area contributed by atoms with E-state index in [4.69, 9.17) is 16.3 Å². The van der Waals surface area contributed by atoms with E-state index in [0.717, 1.165) is 51.3 Å². The highest BCUT2D eigenvalue weighted by Gasteiger charge is 2.66. The molecule has 3 saturated heterocycles. The Morgan fingerprint density at radius 1 is 1.00 bits per heavy atom. The molecule has 0 aromatic heterocycles. The Morgan fingerprint density at radius 3 is 2.53 bits per heavy atom. The molecule has 0 aliphatic carbocycles. The number of halogens is 1. The van der Waals surface area contributed by atoms with Crippen molar-refractivity contribution in [2.24, 2.45) is 11.8 Å². The molecule has 3 fully saturated rings.